The third-order valence-electron chi connectivity index (χ3n) is 5.80. The van der Waals surface area contributed by atoms with Crippen LogP contribution in [-0.2, 0) is 12.8 Å². The van der Waals surface area contributed by atoms with E-state index in [-0.39, 0.29) is 17.8 Å². The number of carbonyl (C=O) groups is 1. The van der Waals surface area contributed by atoms with Gasteiger partial charge in [-0.1, -0.05) is 22.9 Å². The first-order chi connectivity index (χ1) is 15.0. The summed E-state index contributed by atoms with van der Waals surface area (Å²) >= 11 is 4.98. The molecule has 5 nitrogen and oxygen atoms in total. The molecule has 0 saturated carbocycles. The summed E-state index contributed by atoms with van der Waals surface area (Å²) in [5, 5.41) is 6.66. The molecule has 1 aliphatic rings. The summed E-state index contributed by atoms with van der Waals surface area (Å²) in [4.78, 5) is 21.1. The first-order valence-corrected chi connectivity index (χ1v) is 11.9. The van der Waals surface area contributed by atoms with Crippen molar-refractivity contribution in [2.75, 3.05) is 6.54 Å². The van der Waals surface area contributed by atoms with E-state index in [0.29, 0.717) is 40.0 Å². The second kappa shape index (κ2) is 7.84. The maximum absolute atomic E-state index is 14.5. The Balaban J connectivity index is 1.55. The zero-order valence-corrected chi connectivity index (χ0v) is 19.5. The molecule has 0 radical (unpaired) electrons. The van der Waals surface area contributed by atoms with Crippen molar-refractivity contribution in [2.45, 2.75) is 32.7 Å². The van der Waals surface area contributed by atoms with E-state index in [9.17, 15) is 9.18 Å². The van der Waals surface area contributed by atoms with Gasteiger partial charge >= 0.3 is 0 Å². The average molecular weight is 499 g/mol. The molecule has 1 atom stereocenters. The number of aryl methyl sites for hydroxylation is 1. The molecular formula is C23H20BrFN4OS. The van der Waals surface area contributed by atoms with Gasteiger partial charge < -0.3 is 4.90 Å². The molecule has 1 amide bonds. The molecule has 1 aliphatic heterocycles. The predicted molar refractivity (Wildman–Crippen MR) is 123 cm³/mol. The molecule has 0 fully saturated rings. The lowest BCUT2D eigenvalue weighted by Gasteiger charge is -2.33. The molecule has 0 bridgehead atoms. The smallest absolute Gasteiger partial charge is 0.273 e. The number of hydrogen-bond acceptors (Lipinski definition) is 4. The number of amides is 1. The molecule has 0 spiro atoms. The highest BCUT2D eigenvalue weighted by Crippen LogP contribution is 2.34. The van der Waals surface area contributed by atoms with Crippen LogP contribution in [0, 0.1) is 5.82 Å². The fourth-order valence-electron chi connectivity index (χ4n) is 4.15. The molecule has 4 aromatic rings. The first-order valence-electron chi connectivity index (χ1n) is 10.2. The van der Waals surface area contributed by atoms with Crippen molar-refractivity contribution in [2.24, 2.45) is 0 Å². The van der Waals surface area contributed by atoms with Gasteiger partial charge in [0.15, 0.2) is 5.65 Å². The predicted octanol–water partition coefficient (Wildman–Crippen LogP) is 5.68. The van der Waals surface area contributed by atoms with Crippen LogP contribution in [0.4, 0.5) is 4.39 Å². The van der Waals surface area contributed by atoms with Crippen LogP contribution in [0.25, 0.3) is 16.9 Å². The van der Waals surface area contributed by atoms with Crippen molar-refractivity contribution in [1.29, 1.82) is 0 Å². The van der Waals surface area contributed by atoms with E-state index >= 15 is 0 Å². The number of thiophene rings is 1. The molecule has 3 aromatic heterocycles. The van der Waals surface area contributed by atoms with Gasteiger partial charge in [0.2, 0.25) is 0 Å². The number of fused-ring (bicyclic) bond motifs is 2. The number of halogens is 2. The van der Waals surface area contributed by atoms with Crippen LogP contribution in [0.15, 0.2) is 46.3 Å². The van der Waals surface area contributed by atoms with Crippen molar-refractivity contribution in [1.82, 2.24) is 19.5 Å². The Hall–Kier alpha value is -2.58. The minimum absolute atomic E-state index is 0.0247. The maximum atomic E-state index is 14.5. The maximum Gasteiger partial charge on any atom is 0.273 e. The van der Waals surface area contributed by atoms with Gasteiger partial charge in [0.1, 0.15) is 11.5 Å². The summed E-state index contributed by atoms with van der Waals surface area (Å²) in [5.74, 6) is -0.442. The fourth-order valence-corrected chi connectivity index (χ4v) is 5.51. The molecule has 5 rings (SSSR count). The van der Waals surface area contributed by atoms with E-state index in [1.807, 2.05) is 11.8 Å². The molecule has 31 heavy (non-hydrogen) atoms. The van der Waals surface area contributed by atoms with Gasteiger partial charge in [0.25, 0.3) is 5.91 Å². The third kappa shape index (κ3) is 3.47. The SMILES string of the molecule is CCc1cc(C(=O)N2CCc3ccsc3C2C)nc2cc(-c3ccc(Br)cc3F)nn12. The normalized spacial score (nSPS) is 16.0. The Kier molecular flexibility index (Phi) is 5.14. The van der Waals surface area contributed by atoms with Crippen molar-refractivity contribution >= 4 is 38.8 Å². The Morgan fingerprint density at radius 3 is 2.90 bits per heavy atom. The number of benzene rings is 1. The van der Waals surface area contributed by atoms with E-state index in [1.54, 1.807) is 40.1 Å². The van der Waals surface area contributed by atoms with Crippen molar-refractivity contribution in [3.8, 4) is 11.3 Å². The summed E-state index contributed by atoms with van der Waals surface area (Å²) < 4.78 is 16.8. The standard InChI is InChI=1S/C23H20BrFN4OS/c1-3-16-11-20(23(30)28-8-6-14-7-9-31-22(14)13(28)2)26-21-12-19(27-29(16)21)17-5-4-15(24)10-18(17)25/h4-5,7,9-13H,3,6,8H2,1-2H3. The zero-order valence-electron chi connectivity index (χ0n) is 17.1. The average Bonchev–Trinajstić information content (AvgIpc) is 3.40. The molecule has 0 N–H and O–H groups in total. The highest BCUT2D eigenvalue weighted by molar-refractivity contribution is 9.10. The lowest BCUT2D eigenvalue weighted by molar-refractivity contribution is 0.0675. The molecular weight excluding hydrogens is 479 g/mol. The summed E-state index contributed by atoms with van der Waals surface area (Å²) in [6, 6.07) is 10.6. The molecule has 1 unspecified atom stereocenters. The highest BCUT2D eigenvalue weighted by atomic mass is 79.9. The van der Waals surface area contributed by atoms with Gasteiger partial charge in [-0.15, -0.1) is 11.3 Å². The van der Waals surface area contributed by atoms with Crippen molar-refractivity contribution in [3.63, 3.8) is 0 Å². The Bertz CT molecular complexity index is 1310. The highest BCUT2D eigenvalue weighted by Gasteiger charge is 2.30. The number of nitrogens with zero attached hydrogens (tertiary/aromatic N) is 4. The molecule has 0 aliphatic carbocycles. The summed E-state index contributed by atoms with van der Waals surface area (Å²) in [6.07, 6.45) is 1.53. The molecule has 1 aromatic carbocycles. The Morgan fingerprint density at radius 2 is 2.13 bits per heavy atom. The molecule has 8 heteroatoms. The topological polar surface area (TPSA) is 50.5 Å². The van der Waals surface area contributed by atoms with Crippen molar-refractivity contribution in [3.05, 3.63) is 73.9 Å². The monoisotopic (exact) mass is 498 g/mol. The Labute approximate surface area is 191 Å². The van der Waals surface area contributed by atoms with Crippen LogP contribution >= 0.6 is 27.3 Å². The van der Waals surface area contributed by atoms with Gasteiger partial charge in [-0.05, 0) is 61.0 Å². The van der Waals surface area contributed by atoms with E-state index in [2.05, 4.69) is 44.4 Å². The van der Waals surface area contributed by atoms with E-state index < -0.39 is 0 Å². The minimum atomic E-state index is -0.360. The fraction of sp³-hybridized carbons (Fsp3) is 0.261. The van der Waals surface area contributed by atoms with Crippen LogP contribution in [0.3, 0.4) is 0 Å². The van der Waals surface area contributed by atoms with Crippen LogP contribution in [0.2, 0.25) is 0 Å². The summed E-state index contributed by atoms with van der Waals surface area (Å²) in [5.41, 5.74) is 4.03. The lowest BCUT2D eigenvalue weighted by Crippen LogP contribution is -2.38. The van der Waals surface area contributed by atoms with Crippen LogP contribution < -0.4 is 0 Å². The van der Waals surface area contributed by atoms with Gasteiger partial charge in [0, 0.05) is 33.2 Å². The van der Waals surface area contributed by atoms with Gasteiger partial charge in [0.05, 0.1) is 11.7 Å². The van der Waals surface area contributed by atoms with E-state index in [4.69, 9.17) is 0 Å². The quantitative estimate of drug-likeness (QED) is 0.365. The minimum Gasteiger partial charge on any atom is -0.329 e. The molecule has 4 heterocycles. The van der Waals surface area contributed by atoms with Crippen LogP contribution in [0.5, 0.6) is 0 Å². The van der Waals surface area contributed by atoms with Gasteiger partial charge in [-0.25, -0.2) is 13.9 Å². The zero-order chi connectivity index (χ0) is 21.7. The van der Waals surface area contributed by atoms with Crippen LogP contribution in [-0.4, -0.2) is 31.9 Å². The number of rotatable bonds is 3. The summed E-state index contributed by atoms with van der Waals surface area (Å²) in [6.45, 7) is 4.75. The second-order valence-electron chi connectivity index (χ2n) is 7.64. The van der Waals surface area contributed by atoms with E-state index in [1.165, 1.54) is 16.5 Å². The number of aromatic nitrogens is 3. The lowest BCUT2D eigenvalue weighted by atomic mass is 10.0. The largest absolute Gasteiger partial charge is 0.329 e. The number of carbonyl (C=O) groups excluding carboxylic acids is 1. The van der Waals surface area contributed by atoms with Crippen molar-refractivity contribution < 1.29 is 9.18 Å². The third-order valence-corrected chi connectivity index (χ3v) is 7.42. The second-order valence-corrected chi connectivity index (χ2v) is 9.51. The first kappa shape index (κ1) is 20.3. The molecule has 0 saturated heterocycles. The summed E-state index contributed by atoms with van der Waals surface area (Å²) in [7, 11) is 0. The van der Waals surface area contributed by atoms with Crippen LogP contribution in [0.1, 0.15) is 46.5 Å². The number of hydrogen-bond donors (Lipinski definition) is 0. The van der Waals surface area contributed by atoms with Gasteiger partial charge in [-0.3, -0.25) is 4.79 Å². The van der Waals surface area contributed by atoms with Gasteiger partial charge in [-0.2, -0.15) is 5.10 Å². The van der Waals surface area contributed by atoms with E-state index in [0.717, 1.165) is 12.1 Å². The Morgan fingerprint density at radius 1 is 1.29 bits per heavy atom. The molecule has 158 valence electrons.